The molecule has 0 aliphatic carbocycles. The van der Waals surface area contributed by atoms with Crippen molar-refractivity contribution in [2.24, 2.45) is 0 Å². The summed E-state index contributed by atoms with van der Waals surface area (Å²) in [6, 6.07) is 0.0736. The van der Waals surface area contributed by atoms with Gasteiger partial charge in [0.05, 0.1) is 6.04 Å². The van der Waals surface area contributed by atoms with Gasteiger partial charge < -0.3 is 9.42 Å². The summed E-state index contributed by atoms with van der Waals surface area (Å²) in [4.78, 5) is 21.6. The Morgan fingerprint density at radius 1 is 1.27 bits per heavy atom. The van der Waals surface area contributed by atoms with Crippen molar-refractivity contribution < 1.29 is 9.32 Å². The minimum absolute atomic E-state index is 0.0736. The van der Waals surface area contributed by atoms with Crippen LogP contribution in [0, 0.1) is 6.92 Å². The van der Waals surface area contributed by atoms with Gasteiger partial charge in [0.2, 0.25) is 11.8 Å². The minimum Gasteiger partial charge on any atom is -0.341 e. The average molecular weight is 306 g/mol. The highest BCUT2D eigenvalue weighted by molar-refractivity contribution is 5.82. The fraction of sp³-hybridized carbons (Fsp3) is 0.812. The number of amides is 1. The van der Waals surface area contributed by atoms with E-state index in [-0.39, 0.29) is 12.0 Å². The summed E-state index contributed by atoms with van der Waals surface area (Å²) in [5, 5.41) is 4.04. The lowest BCUT2D eigenvalue weighted by atomic mass is 9.95. The Balaban J connectivity index is 1.67. The lowest BCUT2D eigenvalue weighted by molar-refractivity contribution is -0.139. The van der Waals surface area contributed by atoms with Crippen LogP contribution in [0.4, 0.5) is 0 Å². The van der Waals surface area contributed by atoms with Gasteiger partial charge in [-0.15, -0.1) is 0 Å². The van der Waals surface area contributed by atoms with Crippen LogP contribution in [0.1, 0.15) is 56.7 Å². The van der Waals surface area contributed by atoms with Gasteiger partial charge in [0.25, 0.3) is 0 Å². The van der Waals surface area contributed by atoms with Crippen molar-refractivity contribution in [3.8, 4) is 0 Å². The van der Waals surface area contributed by atoms with Crippen LogP contribution in [-0.4, -0.2) is 58.1 Å². The normalized spacial score (nSPS) is 27.1. The molecular formula is C16H26N4O2. The largest absolute Gasteiger partial charge is 0.341 e. The Hall–Kier alpha value is -1.43. The molecule has 2 saturated heterocycles. The van der Waals surface area contributed by atoms with Gasteiger partial charge in [-0.3, -0.25) is 9.69 Å². The molecule has 22 heavy (non-hydrogen) atoms. The third-order valence-corrected chi connectivity index (χ3v) is 4.95. The van der Waals surface area contributed by atoms with E-state index in [2.05, 4.69) is 22.0 Å². The second-order valence-electron chi connectivity index (χ2n) is 6.44. The molecule has 0 unspecified atom stereocenters. The maximum atomic E-state index is 12.9. The second-order valence-corrected chi connectivity index (χ2v) is 6.44. The van der Waals surface area contributed by atoms with Gasteiger partial charge in [-0.25, -0.2) is 0 Å². The van der Waals surface area contributed by atoms with E-state index in [0.717, 1.165) is 57.7 Å². The summed E-state index contributed by atoms with van der Waals surface area (Å²) >= 11 is 0. The van der Waals surface area contributed by atoms with E-state index in [4.69, 9.17) is 4.52 Å². The number of piperidine rings is 2. The first-order valence-electron chi connectivity index (χ1n) is 8.52. The van der Waals surface area contributed by atoms with Crippen LogP contribution in [0.15, 0.2) is 4.52 Å². The highest BCUT2D eigenvalue weighted by Crippen LogP contribution is 2.27. The third kappa shape index (κ3) is 3.16. The molecule has 1 aromatic rings. The van der Waals surface area contributed by atoms with Gasteiger partial charge in [0, 0.05) is 25.9 Å². The Morgan fingerprint density at radius 3 is 2.86 bits per heavy atom. The van der Waals surface area contributed by atoms with Crippen LogP contribution >= 0.6 is 0 Å². The van der Waals surface area contributed by atoms with E-state index in [9.17, 15) is 4.79 Å². The minimum atomic E-state index is 0.0736. The van der Waals surface area contributed by atoms with Gasteiger partial charge in [-0.1, -0.05) is 18.5 Å². The molecule has 2 fully saturated rings. The second kappa shape index (κ2) is 6.77. The summed E-state index contributed by atoms with van der Waals surface area (Å²) in [7, 11) is 0. The van der Waals surface area contributed by atoms with Crippen molar-refractivity contribution in [2.75, 3.05) is 26.2 Å². The first kappa shape index (κ1) is 15.5. The number of carbonyl (C=O) groups is 1. The van der Waals surface area contributed by atoms with Crippen molar-refractivity contribution in [1.82, 2.24) is 19.9 Å². The first-order valence-corrected chi connectivity index (χ1v) is 8.52. The molecule has 0 aromatic carbocycles. The lowest BCUT2D eigenvalue weighted by Gasteiger charge is -2.39. The van der Waals surface area contributed by atoms with Crippen LogP contribution in [0.3, 0.4) is 0 Å². The van der Waals surface area contributed by atoms with Crippen LogP contribution < -0.4 is 0 Å². The Labute approximate surface area is 131 Å². The van der Waals surface area contributed by atoms with Crippen LogP contribution in [0.2, 0.25) is 0 Å². The summed E-state index contributed by atoms with van der Waals surface area (Å²) in [6.07, 6.45) is 5.42. The molecule has 6 heteroatoms. The average Bonchev–Trinajstić information content (AvgIpc) is 3.01. The summed E-state index contributed by atoms with van der Waals surface area (Å²) < 4.78 is 5.09. The number of rotatable bonds is 3. The molecule has 6 nitrogen and oxygen atoms in total. The highest BCUT2D eigenvalue weighted by atomic mass is 16.5. The third-order valence-electron chi connectivity index (χ3n) is 4.95. The van der Waals surface area contributed by atoms with Crippen molar-refractivity contribution in [3.05, 3.63) is 11.7 Å². The molecule has 2 aliphatic rings. The molecule has 3 heterocycles. The summed E-state index contributed by atoms with van der Waals surface area (Å²) in [6.45, 7) is 7.55. The van der Waals surface area contributed by atoms with Crippen molar-refractivity contribution in [2.45, 2.75) is 57.9 Å². The van der Waals surface area contributed by atoms with Crippen molar-refractivity contribution >= 4 is 5.91 Å². The predicted octanol–water partition coefficient (Wildman–Crippen LogP) is 1.96. The predicted molar refractivity (Wildman–Crippen MR) is 82.5 cm³/mol. The van der Waals surface area contributed by atoms with Gasteiger partial charge in [0.1, 0.15) is 0 Å². The molecule has 0 spiro atoms. The van der Waals surface area contributed by atoms with Crippen molar-refractivity contribution in [3.63, 3.8) is 0 Å². The van der Waals surface area contributed by atoms with E-state index in [1.54, 1.807) is 0 Å². The zero-order chi connectivity index (χ0) is 15.5. The maximum Gasteiger partial charge on any atom is 0.239 e. The number of aromatic nitrogens is 2. The van der Waals surface area contributed by atoms with E-state index in [1.807, 2.05) is 11.8 Å². The number of likely N-dealkylation sites (tertiary alicyclic amines) is 2. The highest BCUT2D eigenvalue weighted by Gasteiger charge is 2.34. The van der Waals surface area contributed by atoms with Gasteiger partial charge >= 0.3 is 0 Å². The number of hydrogen-bond donors (Lipinski definition) is 0. The molecular weight excluding hydrogens is 280 g/mol. The summed E-state index contributed by atoms with van der Waals surface area (Å²) in [5.74, 6) is 1.87. The van der Waals surface area contributed by atoms with Gasteiger partial charge in [-0.2, -0.15) is 4.98 Å². The Kier molecular flexibility index (Phi) is 4.76. The number of aryl methyl sites for hydroxylation is 1. The van der Waals surface area contributed by atoms with E-state index >= 15 is 0 Å². The van der Waals surface area contributed by atoms with E-state index in [0.29, 0.717) is 11.8 Å². The lowest BCUT2D eigenvalue weighted by Crippen LogP contribution is -2.52. The maximum absolute atomic E-state index is 12.9. The Bertz CT molecular complexity index is 516. The SMILES string of the molecule is CCN1CCCC[C@@H]1C(=O)N1CCC[C@@H](c2noc(C)n2)C1. The molecule has 0 radical (unpaired) electrons. The fourth-order valence-corrected chi connectivity index (χ4v) is 3.73. The van der Waals surface area contributed by atoms with Crippen molar-refractivity contribution in [1.29, 1.82) is 0 Å². The zero-order valence-electron chi connectivity index (χ0n) is 13.6. The van der Waals surface area contributed by atoms with Gasteiger partial charge in [-0.05, 0) is 38.8 Å². The first-order chi connectivity index (χ1) is 10.7. The molecule has 1 aromatic heterocycles. The molecule has 2 atom stereocenters. The molecule has 3 rings (SSSR count). The standard InChI is InChI=1S/C16H26N4O2/c1-3-19-9-5-4-8-14(19)16(21)20-10-6-7-13(11-20)15-17-12(2)22-18-15/h13-14H,3-11H2,1-2H3/t13-,14-/m1/s1. The van der Waals surface area contributed by atoms with Gasteiger partial charge in [0.15, 0.2) is 5.82 Å². The number of carbonyl (C=O) groups excluding carboxylic acids is 1. The quantitative estimate of drug-likeness (QED) is 0.854. The van der Waals surface area contributed by atoms with Crippen LogP contribution in [0.25, 0.3) is 0 Å². The molecule has 1 amide bonds. The molecule has 2 aliphatic heterocycles. The smallest absolute Gasteiger partial charge is 0.239 e. The van der Waals surface area contributed by atoms with E-state index < -0.39 is 0 Å². The molecule has 0 N–H and O–H groups in total. The molecule has 0 saturated carbocycles. The fourth-order valence-electron chi connectivity index (χ4n) is 3.73. The number of likely N-dealkylation sites (N-methyl/N-ethyl adjacent to an activating group) is 1. The molecule has 122 valence electrons. The number of nitrogens with zero attached hydrogens (tertiary/aromatic N) is 4. The number of hydrogen-bond acceptors (Lipinski definition) is 5. The van der Waals surface area contributed by atoms with E-state index in [1.165, 1.54) is 6.42 Å². The Morgan fingerprint density at radius 2 is 2.14 bits per heavy atom. The monoisotopic (exact) mass is 306 g/mol. The zero-order valence-corrected chi connectivity index (χ0v) is 13.6. The molecule has 0 bridgehead atoms. The summed E-state index contributed by atoms with van der Waals surface area (Å²) in [5.41, 5.74) is 0. The van der Waals surface area contributed by atoms with Crippen LogP contribution in [0.5, 0.6) is 0 Å². The topological polar surface area (TPSA) is 62.5 Å². The van der Waals surface area contributed by atoms with Crippen LogP contribution in [-0.2, 0) is 4.79 Å².